The molecule has 4 nitrogen and oxygen atoms in total. The summed E-state index contributed by atoms with van der Waals surface area (Å²) in [5.41, 5.74) is 0.739. The average molecular weight is 305 g/mol. The largest absolute Gasteiger partial charge is 0.508 e. The highest BCUT2D eigenvalue weighted by Crippen LogP contribution is 2.42. The van der Waals surface area contributed by atoms with Crippen molar-refractivity contribution < 1.29 is 13.5 Å². The summed E-state index contributed by atoms with van der Waals surface area (Å²) in [5.74, 6) is 0.270. The van der Waals surface area contributed by atoms with Gasteiger partial charge in [0.15, 0.2) is 0 Å². The van der Waals surface area contributed by atoms with Crippen LogP contribution in [-0.2, 0) is 10.0 Å². The van der Waals surface area contributed by atoms with Crippen LogP contribution in [0.1, 0.15) is 31.4 Å². The molecule has 1 heterocycles. The van der Waals surface area contributed by atoms with Crippen molar-refractivity contribution in [3.8, 4) is 5.75 Å². The minimum absolute atomic E-state index is 0.0923. The van der Waals surface area contributed by atoms with Gasteiger partial charge in [0.25, 0.3) is 0 Å². The van der Waals surface area contributed by atoms with Crippen molar-refractivity contribution in [2.45, 2.75) is 25.8 Å². The molecule has 3 rings (SSSR count). The van der Waals surface area contributed by atoms with Crippen LogP contribution in [0.15, 0.2) is 36.4 Å². The molecule has 0 aliphatic carbocycles. The Kier molecular flexibility index (Phi) is 3.63. The zero-order valence-electron chi connectivity index (χ0n) is 12.0. The van der Waals surface area contributed by atoms with E-state index in [0.29, 0.717) is 6.54 Å². The Morgan fingerprint density at radius 1 is 1.24 bits per heavy atom. The molecule has 1 aliphatic heterocycles. The minimum Gasteiger partial charge on any atom is -0.508 e. The van der Waals surface area contributed by atoms with Gasteiger partial charge >= 0.3 is 0 Å². The van der Waals surface area contributed by atoms with E-state index in [9.17, 15) is 13.5 Å². The lowest BCUT2D eigenvalue weighted by Gasteiger charge is -2.25. The number of phenols is 1. The summed E-state index contributed by atoms with van der Waals surface area (Å²) in [5, 5.41) is 12.3. The van der Waals surface area contributed by atoms with Crippen LogP contribution >= 0.6 is 0 Å². The number of aromatic hydroxyl groups is 1. The SMILES string of the molecule is CCS(=O)(=O)N1CCCC1c1c(O)ccc2ccccc12. The molecule has 0 radical (unpaired) electrons. The third-order valence-corrected chi connectivity index (χ3v) is 6.09. The summed E-state index contributed by atoms with van der Waals surface area (Å²) in [7, 11) is -3.26. The first-order valence-electron chi connectivity index (χ1n) is 7.24. The fourth-order valence-corrected chi connectivity index (χ4v) is 4.50. The smallest absolute Gasteiger partial charge is 0.214 e. The molecule has 0 bridgehead atoms. The van der Waals surface area contributed by atoms with E-state index in [-0.39, 0.29) is 17.5 Å². The fourth-order valence-electron chi connectivity index (χ4n) is 3.16. The van der Waals surface area contributed by atoms with Crippen molar-refractivity contribution in [2.24, 2.45) is 0 Å². The second-order valence-corrected chi connectivity index (χ2v) is 7.60. The number of sulfonamides is 1. The van der Waals surface area contributed by atoms with Crippen LogP contribution in [-0.4, -0.2) is 30.1 Å². The van der Waals surface area contributed by atoms with Crippen molar-refractivity contribution in [1.82, 2.24) is 4.31 Å². The van der Waals surface area contributed by atoms with Gasteiger partial charge in [-0.1, -0.05) is 30.3 Å². The number of phenolic OH excluding ortho intramolecular Hbond substituents is 1. The second-order valence-electron chi connectivity index (χ2n) is 5.39. The predicted molar refractivity (Wildman–Crippen MR) is 83.8 cm³/mol. The summed E-state index contributed by atoms with van der Waals surface area (Å²) in [4.78, 5) is 0. The molecule has 0 aromatic heterocycles. The van der Waals surface area contributed by atoms with Crippen LogP contribution in [0.2, 0.25) is 0 Å². The summed E-state index contributed by atoms with van der Waals surface area (Å²) < 4.78 is 26.1. The van der Waals surface area contributed by atoms with E-state index in [4.69, 9.17) is 0 Å². The Morgan fingerprint density at radius 2 is 2.00 bits per heavy atom. The molecule has 0 saturated carbocycles. The molecule has 1 unspecified atom stereocenters. The number of fused-ring (bicyclic) bond motifs is 1. The van der Waals surface area contributed by atoms with Gasteiger partial charge in [-0.05, 0) is 36.6 Å². The highest BCUT2D eigenvalue weighted by Gasteiger charge is 2.36. The normalized spacial score (nSPS) is 20.1. The third kappa shape index (κ3) is 2.40. The van der Waals surface area contributed by atoms with Gasteiger partial charge in [0.1, 0.15) is 5.75 Å². The van der Waals surface area contributed by atoms with E-state index < -0.39 is 10.0 Å². The molecule has 0 amide bonds. The number of rotatable bonds is 3. The predicted octanol–water partition coefficient (Wildman–Crippen LogP) is 3.03. The second kappa shape index (κ2) is 5.31. The first-order valence-corrected chi connectivity index (χ1v) is 8.85. The van der Waals surface area contributed by atoms with Gasteiger partial charge in [0, 0.05) is 12.1 Å². The highest BCUT2D eigenvalue weighted by atomic mass is 32.2. The molecule has 21 heavy (non-hydrogen) atoms. The van der Waals surface area contributed by atoms with Gasteiger partial charge in [-0.25, -0.2) is 8.42 Å². The Balaban J connectivity index is 2.18. The molecule has 2 aromatic carbocycles. The molecular formula is C16H19NO3S. The topological polar surface area (TPSA) is 57.6 Å². The van der Waals surface area contributed by atoms with Crippen molar-refractivity contribution in [1.29, 1.82) is 0 Å². The van der Waals surface area contributed by atoms with Crippen molar-refractivity contribution in [3.05, 3.63) is 42.0 Å². The maximum atomic E-state index is 12.3. The van der Waals surface area contributed by atoms with Crippen LogP contribution in [0.3, 0.4) is 0 Å². The average Bonchev–Trinajstić information content (AvgIpc) is 2.97. The lowest BCUT2D eigenvalue weighted by molar-refractivity contribution is 0.383. The Hall–Kier alpha value is -1.59. The molecule has 5 heteroatoms. The standard InChI is InChI=1S/C16H19NO3S/c1-2-21(19,20)17-11-5-8-14(17)16-13-7-4-3-6-12(13)9-10-15(16)18/h3-4,6-7,9-10,14,18H,2,5,8,11H2,1H3. The van der Waals surface area contributed by atoms with Crippen molar-refractivity contribution in [3.63, 3.8) is 0 Å². The minimum atomic E-state index is -3.26. The van der Waals surface area contributed by atoms with Crippen LogP contribution in [0.25, 0.3) is 10.8 Å². The van der Waals surface area contributed by atoms with Crippen LogP contribution in [0, 0.1) is 0 Å². The van der Waals surface area contributed by atoms with E-state index in [2.05, 4.69) is 0 Å². The lowest BCUT2D eigenvalue weighted by Crippen LogP contribution is -2.32. The number of benzene rings is 2. The molecule has 0 spiro atoms. The summed E-state index contributed by atoms with van der Waals surface area (Å²) in [6, 6.07) is 11.0. The molecule has 112 valence electrons. The Morgan fingerprint density at radius 3 is 2.76 bits per heavy atom. The Bertz CT molecular complexity index is 770. The van der Waals surface area contributed by atoms with E-state index in [0.717, 1.165) is 29.2 Å². The van der Waals surface area contributed by atoms with Crippen LogP contribution in [0.4, 0.5) is 0 Å². The molecule has 1 atom stereocenters. The van der Waals surface area contributed by atoms with Crippen LogP contribution in [0.5, 0.6) is 5.75 Å². The van der Waals surface area contributed by atoms with Gasteiger partial charge in [-0.2, -0.15) is 4.31 Å². The summed E-state index contributed by atoms with van der Waals surface area (Å²) in [6.45, 7) is 2.19. The zero-order valence-corrected chi connectivity index (χ0v) is 12.8. The monoisotopic (exact) mass is 305 g/mol. The van der Waals surface area contributed by atoms with Crippen molar-refractivity contribution >= 4 is 20.8 Å². The van der Waals surface area contributed by atoms with E-state index in [1.54, 1.807) is 17.3 Å². The molecule has 1 N–H and O–H groups in total. The van der Waals surface area contributed by atoms with Gasteiger partial charge < -0.3 is 5.11 Å². The van der Waals surface area contributed by atoms with Crippen molar-refractivity contribution in [2.75, 3.05) is 12.3 Å². The summed E-state index contributed by atoms with van der Waals surface area (Å²) in [6.07, 6.45) is 1.58. The maximum absolute atomic E-state index is 12.3. The first-order chi connectivity index (χ1) is 10.0. The quantitative estimate of drug-likeness (QED) is 0.948. The number of hydrogen-bond donors (Lipinski definition) is 1. The molecule has 1 fully saturated rings. The number of hydrogen-bond acceptors (Lipinski definition) is 3. The van der Waals surface area contributed by atoms with Gasteiger partial charge in [-0.3, -0.25) is 0 Å². The highest BCUT2D eigenvalue weighted by molar-refractivity contribution is 7.89. The molecular weight excluding hydrogens is 286 g/mol. The van der Waals surface area contributed by atoms with Crippen LogP contribution < -0.4 is 0 Å². The first kappa shape index (κ1) is 14.4. The molecule has 1 aliphatic rings. The number of nitrogens with zero attached hydrogens (tertiary/aromatic N) is 1. The summed E-state index contributed by atoms with van der Waals surface area (Å²) >= 11 is 0. The fraction of sp³-hybridized carbons (Fsp3) is 0.375. The molecule has 2 aromatic rings. The lowest BCUT2D eigenvalue weighted by atomic mass is 9.97. The zero-order chi connectivity index (χ0) is 15.0. The Labute approximate surface area is 125 Å². The van der Waals surface area contributed by atoms with E-state index in [1.165, 1.54) is 0 Å². The van der Waals surface area contributed by atoms with Gasteiger partial charge in [-0.15, -0.1) is 0 Å². The van der Waals surface area contributed by atoms with E-state index in [1.807, 2.05) is 30.3 Å². The van der Waals surface area contributed by atoms with Gasteiger partial charge in [0.05, 0.1) is 11.8 Å². The third-order valence-electron chi connectivity index (χ3n) is 4.21. The molecule has 1 saturated heterocycles. The maximum Gasteiger partial charge on any atom is 0.214 e. The van der Waals surface area contributed by atoms with E-state index >= 15 is 0 Å². The van der Waals surface area contributed by atoms with Gasteiger partial charge in [0.2, 0.25) is 10.0 Å².